The molecule has 1 aromatic carbocycles. The lowest BCUT2D eigenvalue weighted by atomic mass is 9.80. The number of hydrogen-bond acceptors (Lipinski definition) is 3. The maximum absolute atomic E-state index is 13.8. The lowest BCUT2D eigenvalue weighted by Gasteiger charge is -2.33. The molecule has 0 aromatic heterocycles. The fraction of sp³-hybridized carbons (Fsp3) is 0.571. The van der Waals surface area contributed by atoms with Gasteiger partial charge in [0.2, 0.25) is 0 Å². The Morgan fingerprint density at radius 2 is 2.00 bits per heavy atom. The van der Waals surface area contributed by atoms with Gasteiger partial charge in [0, 0.05) is 12.1 Å². The Bertz CT molecular complexity index is 522. The van der Waals surface area contributed by atoms with Crippen LogP contribution in [0.15, 0.2) is 12.1 Å². The Balaban J connectivity index is 2.28. The van der Waals surface area contributed by atoms with Crippen LogP contribution in [0.2, 0.25) is 0 Å². The lowest BCUT2D eigenvalue weighted by molar-refractivity contribution is -0.384. The van der Waals surface area contributed by atoms with Crippen molar-refractivity contribution in [2.45, 2.75) is 39.2 Å². The summed E-state index contributed by atoms with van der Waals surface area (Å²) in [6.07, 6.45) is 2.75. The van der Waals surface area contributed by atoms with E-state index in [1.807, 2.05) is 6.92 Å². The molecule has 0 radical (unpaired) electrons. The fourth-order valence-corrected chi connectivity index (χ4v) is 2.90. The molecule has 2 rings (SSSR count). The van der Waals surface area contributed by atoms with Crippen molar-refractivity contribution in [3.05, 3.63) is 33.9 Å². The molecule has 1 saturated carbocycles. The normalized spacial score (nSPS) is 26.3. The van der Waals surface area contributed by atoms with E-state index < -0.39 is 22.2 Å². The monoisotopic (exact) mass is 284 g/mol. The van der Waals surface area contributed by atoms with Gasteiger partial charge in [0.25, 0.3) is 5.69 Å². The van der Waals surface area contributed by atoms with E-state index in [0.717, 1.165) is 31.4 Å². The summed E-state index contributed by atoms with van der Waals surface area (Å²) in [4.78, 5) is 10.2. The highest BCUT2D eigenvalue weighted by Gasteiger charge is 2.29. The van der Waals surface area contributed by atoms with Crippen LogP contribution in [0.25, 0.3) is 0 Å². The highest BCUT2D eigenvalue weighted by Crippen LogP contribution is 2.35. The van der Waals surface area contributed by atoms with Gasteiger partial charge in [-0.15, -0.1) is 0 Å². The van der Waals surface area contributed by atoms with Crippen LogP contribution in [-0.4, -0.2) is 11.0 Å². The minimum absolute atomic E-state index is 0.0683. The first-order valence-electron chi connectivity index (χ1n) is 6.79. The molecule has 1 aliphatic rings. The van der Waals surface area contributed by atoms with Crippen LogP contribution in [0.1, 0.15) is 33.1 Å². The van der Waals surface area contributed by atoms with Gasteiger partial charge in [0.05, 0.1) is 4.92 Å². The number of halogens is 2. The summed E-state index contributed by atoms with van der Waals surface area (Å²) in [5.41, 5.74) is -0.754. The molecule has 110 valence electrons. The summed E-state index contributed by atoms with van der Waals surface area (Å²) in [6, 6.07) is 1.71. The van der Waals surface area contributed by atoms with Crippen molar-refractivity contribution in [1.29, 1.82) is 0 Å². The molecular weight excluding hydrogens is 266 g/mol. The molecule has 20 heavy (non-hydrogen) atoms. The van der Waals surface area contributed by atoms with Gasteiger partial charge in [-0.1, -0.05) is 13.8 Å². The van der Waals surface area contributed by atoms with Crippen molar-refractivity contribution >= 4 is 11.4 Å². The number of benzene rings is 1. The zero-order chi connectivity index (χ0) is 14.9. The van der Waals surface area contributed by atoms with Crippen LogP contribution in [0.4, 0.5) is 20.2 Å². The molecule has 0 spiro atoms. The standard InChI is InChI=1S/C14H18F2N2O2/c1-8-3-5-11(9(2)7-8)17-14-12(18(19)20)6-4-10(15)13(14)16/h4,6,8-9,11,17H,3,5,7H2,1-2H3. The Morgan fingerprint density at radius 1 is 1.30 bits per heavy atom. The average Bonchev–Trinajstić information content (AvgIpc) is 2.37. The van der Waals surface area contributed by atoms with Gasteiger partial charge in [-0.05, 0) is 37.2 Å². The number of nitrogens with one attached hydrogen (secondary N) is 1. The molecule has 6 heteroatoms. The van der Waals surface area contributed by atoms with Crippen molar-refractivity contribution in [2.24, 2.45) is 11.8 Å². The first-order valence-corrected chi connectivity index (χ1v) is 6.79. The van der Waals surface area contributed by atoms with Crippen molar-refractivity contribution in [3.63, 3.8) is 0 Å². The van der Waals surface area contributed by atoms with Crippen LogP contribution in [0.5, 0.6) is 0 Å². The minimum Gasteiger partial charge on any atom is -0.374 e. The van der Waals surface area contributed by atoms with E-state index in [-0.39, 0.29) is 17.6 Å². The summed E-state index contributed by atoms with van der Waals surface area (Å²) >= 11 is 0. The molecule has 0 bridgehead atoms. The van der Waals surface area contributed by atoms with Crippen molar-refractivity contribution in [3.8, 4) is 0 Å². The van der Waals surface area contributed by atoms with Gasteiger partial charge < -0.3 is 5.32 Å². The van der Waals surface area contributed by atoms with Gasteiger partial charge in [-0.25, -0.2) is 8.78 Å². The zero-order valence-corrected chi connectivity index (χ0v) is 11.5. The molecule has 0 heterocycles. The quantitative estimate of drug-likeness (QED) is 0.671. The molecule has 0 saturated heterocycles. The van der Waals surface area contributed by atoms with Crippen LogP contribution in [0, 0.1) is 33.6 Å². The smallest absolute Gasteiger partial charge is 0.295 e. The molecular formula is C14H18F2N2O2. The average molecular weight is 284 g/mol. The van der Waals surface area contributed by atoms with Gasteiger partial charge in [0.15, 0.2) is 17.3 Å². The van der Waals surface area contributed by atoms with Crippen molar-refractivity contribution in [2.75, 3.05) is 5.32 Å². The number of nitrogens with zero attached hydrogens (tertiary/aromatic N) is 1. The van der Waals surface area contributed by atoms with E-state index in [1.54, 1.807) is 0 Å². The Hall–Kier alpha value is -1.72. The maximum Gasteiger partial charge on any atom is 0.295 e. The first-order chi connectivity index (χ1) is 9.40. The van der Waals surface area contributed by atoms with Crippen LogP contribution < -0.4 is 5.32 Å². The van der Waals surface area contributed by atoms with Crippen molar-refractivity contribution < 1.29 is 13.7 Å². The molecule has 1 fully saturated rings. The van der Waals surface area contributed by atoms with Crippen LogP contribution in [0.3, 0.4) is 0 Å². The summed E-state index contributed by atoms with van der Waals surface area (Å²) < 4.78 is 27.1. The van der Waals surface area contributed by atoms with Gasteiger partial charge >= 0.3 is 0 Å². The van der Waals surface area contributed by atoms with E-state index in [9.17, 15) is 18.9 Å². The molecule has 0 aliphatic heterocycles. The number of nitro benzene ring substituents is 1. The van der Waals surface area contributed by atoms with Gasteiger partial charge in [-0.3, -0.25) is 10.1 Å². The van der Waals surface area contributed by atoms with E-state index in [0.29, 0.717) is 5.92 Å². The molecule has 4 nitrogen and oxygen atoms in total. The Labute approximate surface area is 116 Å². The summed E-state index contributed by atoms with van der Waals surface area (Å²) in [5, 5.41) is 13.8. The lowest BCUT2D eigenvalue weighted by Crippen LogP contribution is -2.33. The third-order valence-corrected chi connectivity index (χ3v) is 4.03. The molecule has 1 aliphatic carbocycles. The van der Waals surface area contributed by atoms with E-state index >= 15 is 0 Å². The fourth-order valence-electron chi connectivity index (χ4n) is 2.90. The van der Waals surface area contributed by atoms with E-state index in [1.165, 1.54) is 0 Å². The summed E-state index contributed by atoms with van der Waals surface area (Å²) in [7, 11) is 0. The Kier molecular flexibility index (Phi) is 4.20. The van der Waals surface area contributed by atoms with Crippen molar-refractivity contribution in [1.82, 2.24) is 0 Å². The third-order valence-electron chi connectivity index (χ3n) is 4.03. The zero-order valence-electron chi connectivity index (χ0n) is 11.5. The maximum atomic E-state index is 13.8. The second kappa shape index (κ2) is 5.73. The summed E-state index contributed by atoms with van der Waals surface area (Å²) in [5.74, 6) is -1.39. The Morgan fingerprint density at radius 3 is 2.60 bits per heavy atom. The number of anilines is 1. The molecule has 1 aromatic rings. The van der Waals surface area contributed by atoms with Gasteiger partial charge in [0.1, 0.15) is 0 Å². The molecule has 3 unspecified atom stereocenters. The highest BCUT2D eigenvalue weighted by atomic mass is 19.2. The summed E-state index contributed by atoms with van der Waals surface area (Å²) in [6.45, 7) is 4.17. The highest BCUT2D eigenvalue weighted by molar-refractivity contribution is 5.63. The predicted molar refractivity (Wildman–Crippen MR) is 72.6 cm³/mol. The molecule has 1 N–H and O–H groups in total. The largest absolute Gasteiger partial charge is 0.374 e. The SMILES string of the molecule is CC1CCC(Nc2c([N+](=O)[O-])ccc(F)c2F)C(C)C1. The van der Waals surface area contributed by atoms with Gasteiger partial charge in [-0.2, -0.15) is 0 Å². The third kappa shape index (κ3) is 2.89. The van der Waals surface area contributed by atoms with Crippen LogP contribution >= 0.6 is 0 Å². The second-order valence-electron chi connectivity index (χ2n) is 5.66. The minimum atomic E-state index is -1.18. The number of hydrogen-bond donors (Lipinski definition) is 1. The molecule has 3 atom stereocenters. The first kappa shape index (κ1) is 14.7. The predicted octanol–water partition coefficient (Wildman–Crippen LogP) is 4.11. The van der Waals surface area contributed by atoms with E-state index in [2.05, 4.69) is 12.2 Å². The number of rotatable bonds is 3. The number of nitro groups is 1. The van der Waals surface area contributed by atoms with E-state index in [4.69, 9.17) is 0 Å². The van der Waals surface area contributed by atoms with Crippen LogP contribution in [-0.2, 0) is 0 Å². The molecule has 0 amide bonds. The second-order valence-corrected chi connectivity index (χ2v) is 5.66. The topological polar surface area (TPSA) is 55.2 Å².